The molecule has 4 N–H and O–H groups in total. The Morgan fingerprint density at radius 1 is 1.17 bits per heavy atom. The lowest BCUT2D eigenvalue weighted by Crippen LogP contribution is -2.10. The molecule has 3 rings (SSSR count). The molecule has 0 unspecified atom stereocenters. The second-order valence-corrected chi connectivity index (χ2v) is 3.72. The van der Waals surface area contributed by atoms with Gasteiger partial charge in [0.25, 0.3) is 5.56 Å². The minimum Gasteiger partial charge on any atom is -0.369 e. The molecule has 0 amide bonds. The van der Waals surface area contributed by atoms with Gasteiger partial charge in [0, 0.05) is 0 Å². The monoisotopic (exact) mass is 245 g/mol. The van der Waals surface area contributed by atoms with Crippen molar-refractivity contribution in [3.05, 3.63) is 40.4 Å². The zero-order valence-corrected chi connectivity index (χ0v) is 9.07. The molecule has 0 saturated carbocycles. The van der Waals surface area contributed by atoms with Gasteiger partial charge in [-0.3, -0.25) is 9.78 Å². The number of H-pyrrole nitrogens is 2. The average molecular weight is 245 g/mol. The summed E-state index contributed by atoms with van der Waals surface area (Å²) in [5.41, 5.74) is 5.57. The third-order valence-corrected chi connectivity index (χ3v) is 2.51. The number of anilines is 1. The maximum atomic E-state index is 13.6. The summed E-state index contributed by atoms with van der Waals surface area (Å²) in [7, 11) is 0. The van der Waals surface area contributed by atoms with Gasteiger partial charge in [-0.2, -0.15) is 4.98 Å². The van der Waals surface area contributed by atoms with Crippen LogP contribution in [-0.2, 0) is 0 Å². The van der Waals surface area contributed by atoms with Crippen LogP contribution in [0.25, 0.3) is 22.6 Å². The van der Waals surface area contributed by atoms with Gasteiger partial charge in [0.05, 0.1) is 5.56 Å². The molecule has 0 fully saturated rings. The van der Waals surface area contributed by atoms with E-state index in [1.54, 1.807) is 18.2 Å². The fourth-order valence-electron chi connectivity index (χ4n) is 1.70. The molecule has 1 aromatic carbocycles. The SMILES string of the molecule is Nc1nc2nc(-c3ccccc3F)[nH]c2c(=O)[nH]1. The molecule has 0 bridgehead atoms. The highest BCUT2D eigenvalue weighted by atomic mass is 19.1. The lowest BCUT2D eigenvalue weighted by atomic mass is 10.2. The topological polar surface area (TPSA) is 100 Å². The number of nitrogen functional groups attached to an aromatic ring is 1. The van der Waals surface area contributed by atoms with Crippen LogP contribution < -0.4 is 11.3 Å². The minimum absolute atomic E-state index is 0.0286. The molecule has 0 aliphatic rings. The number of nitrogens with two attached hydrogens (primary N) is 1. The summed E-state index contributed by atoms with van der Waals surface area (Å²) in [6, 6.07) is 6.13. The van der Waals surface area contributed by atoms with E-state index in [4.69, 9.17) is 5.73 Å². The van der Waals surface area contributed by atoms with Crippen LogP contribution in [0.15, 0.2) is 29.1 Å². The van der Waals surface area contributed by atoms with Gasteiger partial charge in [0.2, 0.25) is 5.95 Å². The highest BCUT2D eigenvalue weighted by Crippen LogP contribution is 2.20. The number of benzene rings is 1. The number of fused-ring (bicyclic) bond motifs is 1. The van der Waals surface area contributed by atoms with Crippen molar-refractivity contribution in [1.29, 1.82) is 0 Å². The van der Waals surface area contributed by atoms with Crippen molar-refractivity contribution in [2.75, 3.05) is 5.73 Å². The predicted octanol–water partition coefficient (Wildman–Crippen LogP) is 1.03. The van der Waals surface area contributed by atoms with Gasteiger partial charge in [-0.15, -0.1) is 0 Å². The molecule has 3 aromatic rings. The normalized spacial score (nSPS) is 10.9. The molecule has 2 aromatic heterocycles. The maximum absolute atomic E-state index is 13.6. The first-order chi connectivity index (χ1) is 8.65. The van der Waals surface area contributed by atoms with Crippen LogP contribution in [-0.4, -0.2) is 19.9 Å². The molecule has 6 nitrogen and oxygen atoms in total. The van der Waals surface area contributed by atoms with Crippen LogP contribution in [0.1, 0.15) is 0 Å². The Morgan fingerprint density at radius 3 is 2.72 bits per heavy atom. The van der Waals surface area contributed by atoms with Crippen LogP contribution >= 0.6 is 0 Å². The molecular weight excluding hydrogens is 237 g/mol. The lowest BCUT2D eigenvalue weighted by molar-refractivity contribution is 0.630. The fraction of sp³-hybridized carbons (Fsp3) is 0. The van der Waals surface area contributed by atoms with Crippen LogP contribution in [0.4, 0.5) is 10.3 Å². The standard InChI is InChI=1S/C11H8FN5O/c12-6-4-2-1-3-5(6)8-14-7-9(15-8)16-11(13)17-10(7)18/h1-4H,(H4,13,14,15,16,17,18). The van der Waals surface area contributed by atoms with Gasteiger partial charge in [0.15, 0.2) is 11.2 Å². The summed E-state index contributed by atoms with van der Waals surface area (Å²) in [5, 5.41) is 0. The van der Waals surface area contributed by atoms with Gasteiger partial charge in [-0.1, -0.05) is 12.1 Å². The molecule has 18 heavy (non-hydrogen) atoms. The van der Waals surface area contributed by atoms with E-state index in [2.05, 4.69) is 19.9 Å². The maximum Gasteiger partial charge on any atom is 0.278 e. The Hall–Kier alpha value is -2.70. The molecule has 7 heteroatoms. The molecule has 90 valence electrons. The largest absolute Gasteiger partial charge is 0.369 e. The van der Waals surface area contributed by atoms with Crippen molar-refractivity contribution in [3.63, 3.8) is 0 Å². The third kappa shape index (κ3) is 1.53. The quantitative estimate of drug-likeness (QED) is 0.596. The van der Waals surface area contributed by atoms with E-state index in [0.717, 1.165) is 0 Å². The third-order valence-electron chi connectivity index (χ3n) is 2.51. The van der Waals surface area contributed by atoms with E-state index in [9.17, 15) is 9.18 Å². The second kappa shape index (κ2) is 3.66. The van der Waals surface area contributed by atoms with Crippen molar-refractivity contribution in [3.8, 4) is 11.4 Å². The number of aromatic amines is 2. The number of hydrogen-bond acceptors (Lipinski definition) is 4. The van der Waals surface area contributed by atoms with Crippen molar-refractivity contribution < 1.29 is 4.39 Å². The number of rotatable bonds is 1. The number of hydrogen-bond donors (Lipinski definition) is 3. The smallest absolute Gasteiger partial charge is 0.278 e. The van der Waals surface area contributed by atoms with Crippen molar-refractivity contribution >= 4 is 17.1 Å². The number of nitrogens with zero attached hydrogens (tertiary/aromatic N) is 2. The van der Waals surface area contributed by atoms with Gasteiger partial charge in [0.1, 0.15) is 11.6 Å². The molecule has 0 spiro atoms. The van der Waals surface area contributed by atoms with Crippen molar-refractivity contribution in [1.82, 2.24) is 19.9 Å². The first kappa shape index (κ1) is 10.5. The first-order valence-electron chi connectivity index (χ1n) is 5.15. The number of halogens is 1. The fourth-order valence-corrected chi connectivity index (χ4v) is 1.70. The minimum atomic E-state index is -0.437. The van der Waals surface area contributed by atoms with Crippen LogP contribution in [0.5, 0.6) is 0 Å². The first-order valence-corrected chi connectivity index (χ1v) is 5.15. The van der Waals surface area contributed by atoms with Crippen LogP contribution in [0.3, 0.4) is 0 Å². The number of aromatic nitrogens is 4. The lowest BCUT2D eigenvalue weighted by Gasteiger charge is -1.96. The van der Waals surface area contributed by atoms with Crippen LogP contribution in [0.2, 0.25) is 0 Å². The highest BCUT2D eigenvalue weighted by Gasteiger charge is 2.12. The van der Waals surface area contributed by atoms with E-state index in [0.29, 0.717) is 0 Å². The van der Waals surface area contributed by atoms with Gasteiger partial charge < -0.3 is 10.7 Å². The van der Waals surface area contributed by atoms with E-state index in [-0.39, 0.29) is 28.5 Å². The number of imidazole rings is 1. The molecular formula is C11H8FN5O. The summed E-state index contributed by atoms with van der Waals surface area (Å²) >= 11 is 0. The van der Waals surface area contributed by atoms with Gasteiger partial charge in [-0.05, 0) is 12.1 Å². The molecule has 0 aliphatic carbocycles. The molecule has 0 atom stereocenters. The molecule has 2 heterocycles. The van der Waals surface area contributed by atoms with E-state index in [1.165, 1.54) is 6.07 Å². The highest BCUT2D eigenvalue weighted by molar-refractivity contribution is 5.75. The zero-order valence-electron chi connectivity index (χ0n) is 9.07. The Balaban J connectivity index is 2.30. The van der Waals surface area contributed by atoms with Gasteiger partial charge in [-0.25, -0.2) is 9.37 Å². The zero-order chi connectivity index (χ0) is 12.7. The van der Waals surface area contributed by atoms with E-state index >= 15 is 0 Å². The molecule has 0 saturated heterocycles. The molecule has 0 radical (unpaired) electrons. The van der Waals surface area contributed by atoms with E-state index in [1.807, 2.05) is 0 Å². The Kier molecular flexibility index (Phi) is 2.12. The van der Waals surface area contributed by atoms with Crippen molar-refractivity contribution in [2.45, 2.75) is 0 Å². The Morgan fingerprint density at radius 2 is 1.94 bits per heavy atom. The van der Waals surface area contributed by atoms with Gasteiger partial charge >= 0.3 is 0 Å². The Bertz CT molecular complexity index is 791. The van der Waals surface area contributed by atoms with Crippen LogP contribution in [0, 0.1) is 5.82 Å². The van der Waals surface area contributed by atoms with Crippen molar-refractivity contribution in [2.24, 2.45) is 0 Å². The molecule has 0 aliphatic heterocycles. The Labute approximate surface area is 99.7 Å². The average Bonchev–Trinajstić information content (AvgIpc) is 2.73. The summed E-state index contributed by atoms with van der Waals surface area (Å²) in [5.74, 6) is -0.216. The predicted molar refractivity (Wildman–Crippen MR) is 64.3 cm³/mol. The number of nitrogens with one attached hydrogen (secondary N) is 2. The van der Waals surface area contributed by atoms with E-state index < -0.39 is 11.4 Å². The summed E-state index contributed by atoms with van der Waals surface area (Å²) < 4.78 is 13.6. The summed E-state index contributed by atoms with van der Waals surface area (Å²) in [6.07, 6.45) is 0. The summed E-state index contributed by atoms with van der Waals surface area (Å²) in [6.45, 7) is 0. The summed E-state index contributed by atoms with van der Waals surface area (Å²) in [4.78, 5) is 24.6. The second-order valence-electron chi connectivity index (χ2n) is 3.72.